The molecule has 0 atom stereocenters. The van der Waals surface area contributed by atoms with Gasteiger partial charge in [0.15, 0.2) is 0 Å². The van der Waals surface area contributed by atoms with Crippen molar-refractivity contribution in [3.8, 4) is 0 Å². The van der Waals surface area contributed by atoms with E-state index in [2.05, 4.69) is 29.2 Å². The number of halogens is 1. The standard InChI is InChI=1S/C13H17FN4/c1-10(2)18-13(16-9-17-18)8-15-7-11-4-3-5-12(14)6-11/h3-6,9-10,15H,7-8H2,1-2H3. The van der Waals surface area contributed by atoms with Crippen LogP contribution in [0.3, 0.4) is 0 Å². The van der Waals surface area contributed by atoms with Crippen LogP contribution in [0.25, 0.3) is 0 Å². The van der Waals surface area contributed by atoms with Crippen molar-refractivity contribution in [2.24, 2.45) is 0 Å². The zero-order chi connectivity index (χ0) is 13.0. The molecular weight excluding hydrogens is 231 g/mol. The lowest BCUT2D eigenvalue weighted by atomic mass is 10.2. The summed E-state index contributed by atoms with van der Waals surface area (Å²) in [5.41, 5.74) is 0.922. The summed E-state index contributed by atoms with van der Waals surface area (Å²) in [6, 6.07) is 6.86. The highest BCUT2D eigenvalue weighted by Gasteiger charge is 2.06. The first-order valence-electron chi connectivity index (χ1n) is 6.00. The van der Waals surface area contributed by atoms with Crippen LogP contribution in [0.1, 0.15) is 31.3 Å². The van der Waals surface area contributed by atoms with E-state index < -0.39 is 0 Å². The molecular formula is C13H17FN4. The molecule has 96 valence electrons. The van der Waals surface area contributed by atoms with Gasteiger partial charge in [0, 0.05) is 12.6 Å². The molecule has 1 aromatic heterocycles. The number of hydrogen-bond donors (Lipinski definition) is 1. The van der Waals surface area contributed by atoms with Crippen LogP contribution in [0.5, 0.6) is 0 Å². The van der Waals surface area contributed by atoms with Crippen LogP contribution in [-0.2, 0) is 13.1 Å². The largest absolute Gasteiger partial charge is 0.306 e. The summed E-state index contributed by atoms with van der Waals surface area (Å²) in [6.45, 7) is 5.35. The number of aromatic nitrogens is 3. The fourth-order valence-electron chi connectivity index (χ4n) is 1.80. The quantitative estimate of drug-likeness (QED) is 0.882. The third-order valence-corrected chi connectivity index (χ3v) is 2.64. The number of nitrogens with one attached hydrogen (secondary N) is 1. The minimum Gasteiger partial charge on any atom is -0.306 e. The Balaban J connectivity index is 1.90. The lowest BCUT2D eigenvalue weighted by Gasteiger charge is -2.10. The average Bonchev–Trinajstić information content (AvgIpc) is 2.77. The topological polar surface area (TPSA) is 42.7 Å². The molecule has 4 nitrogen and oxygen atoms in total. The average molecular weight is 248 g/mol. The molecule has 0 bridgehead atoms. The molecule has 0 radical (unpaired) electrons. The molecule has 0 saturated heterocycles. The maximum absolute atomic E-state index is 13.0. The number of rotatable bonds is 5. The SMILES string of the molecule is CC(C)n1ncnc1CNCc1cccc(F)c1. The summed E-state index contributed by atoms with van der Waals surface area (Å²) in [5, 5.41) is 7.40. The van der Waals surface area contributed by atoms with Gasteiger partial charge in [-0.25, -0.2) is 14.1 Å². The number of benzene rings is 1. The highest BCUT2D eigenvalue weighted by atomic mass is 19.1. The van der Waals surface area contributed by atoms with Crippen LogP contribution in [0.4, 0.5) is 4.39 Å². The maximum Gasteiger partial charge on any atom is 0.141 e. The highest BCUT2D eigenvalue weighted by molar-refractivity contribution is 5.15. The minimum absolute atomic E-state index is 0.209. The van der Waals surface area contributed by atoms with Crippen LogP contribution >= 0.6 is 0 Å². The Morgan fingerprint density at radius 3 is 2.89 bits per heavy atom. The molecule has 18 heavy (non-hydrogen) atoms. The number of hydrogen-bond acceptors (Lipinski definition) is 3. The van der Waals surface area contributed by atoms with E-state index >= 15 is 0 Å². The second-order valence-electron chi connectivity index (χ2n) is 4.45. The molecule has 1 aromatic carbocycles. The van der Waals surface area contributed by atoms with Gasteiger partial charge >= 0.3 is 0 Å². The molecule has 0 saturated carbocycles. The summed E-state index contributed by atoms with van der Waals surface area (Å²) in [6.07, 6.45) is 1.55. The van der Waals surface area contributed by atoms with Gasteiger partial charge in [-0.3, -0.25) is 0 Å². The van der Waals surface area contributed by atoms with E-state index in [0.29, 0.717) is 19.1 Å². The molecule has 0 aliphatic heterocycles. The molecule has 0 amide bonds. The Kier molecular flexibility index (Phi) is 4.04. The fourth-order valence-corrected chi connectivity index (χ4v) is 1.80. The van der Waals surface area contributed by atoms with Crippen LogP contribution in [0.15, 0.2) is 30.6 Å². The van der Waals surface area contributed by atoms with E-state index in [1.165, 1.54) is 12.1 Å². The third-order valence-electron chi connectivity index (χ3n) is 2.64. The normalized spacial score (nSPS) is 11.1. The van der Waals surface area contributed by atoms with E-state index in [-0.39, 0.29) is 5.82 Å². The molecule has 2 rings (SSSR count). The van der Waals surface area contributed by atoms with Crippen molar-refractivity contribution in [2.45, 2.75) is 33.0 Å². The first-order valence-corrected chi connectivity index (χ1v) is 6.00. The van der Waals surface area contributed by atoms with Crippen LogP contribution in [0, 0.1) is 5.82 Å². The van der Waals surface area contributed by atoms with Crippen molar-refractivity contribution in [3.05, 3.63) is 47.8 Å². The van der Waals surface area contributed by atoms with Gasteiger partial charge in [-0.1, -0.05) is 12.1 Å². The van der Waals surface area contributed by atoms with E-state index in [0.717, 1.165) is 11.4 Å². The molecule has 0 fully saturated rings. The number of nitrogens with zero attached hydrogens (tertiary/aromatic N) is 3. The Bertz CT molecular complexity index is 507. The summed E-state index contributed by atoms with van der Waals surface area (Å²) in [5.74, 6) is 0.682. The fraction of sp³-hybridized carbons (Fsp3) is 0.385. The minimum atomic E-state index is -0.209. The van der Waals surface area contributed by atoms with Crippen molar-refractivity contribution in [3.63, 3.8) is 0 Å². The zero-order valence-corrected chi connectivity index (χ0v) is 10.6. The van der Waals surface area contributed by atoms with Gasteiger partial charge in [0.2, 0.25) is 0 Å². The van der Waals surface area contributed by atoms with Crippen molar-refractivity contribution in [1.82, 2.24) is 20.1 Å². The lowest BCUT2D eigenvalue weighted by molar-refractivity contribution is 0.489. The molecule has 2 aromatic rings. The summed E-state index contributed by atoms with van der Waals surface area (Å²) in [4.78, 5) is 4.20. The van der Waals surface area contributed by atoms with Gasteiger partial charge in [-0.2, -0.15) is 5.10 Å². The molecule has 1 N–H and O–H groups in total. The van der Waals surface area contributed by atoms with Crippen molar-refractivity contribution in [2.75, 3.05) is 0 Å². The van der Waals surface area contributed by atoms with E-state index in [1.807, 2.05) is 10.7 Å². The second-order valence-corrected chi connectivity index (χ2v) is 4.45. The van der Waals surface area contributed by atoms with Gasteiger partial charge in [-0.05, 0) is 31.5 Å². The monoisotopic (exact) mass is 248 g/mol. The first-order chi connectivity index (χ1) is 8.66. The van der Waals surface area contributed by atoms with Gasteiger partial charge in [0.05, 0.1) is 6.54 Å². The van der Waals surface area contributed by atoms with E-state index in [4.69, 9.17) is 0 Å². The Hall–Kier alpha value is -1.75. The van der Waals surface area contributed by atoms with Crippen molar-refractivity contribution >= 4 is 0 Å². The molecule has 0 unspecified atom stereocenters. The highest BCUT2D eigenvalue weighted by Crippen LogP contribution is 2.06. The molecule has 5 heteroatoms. The Morgan fingerprint density at radius 2 is 2.17 bits per heavy atom. The van der Waals surface area contributed by atoms with Gasteiger partial charge in [-0.15, -0.1) is 0 Å². The van der Waals surface area contributed by atoms with Crippen molar-refractivity contribution in [1.29, 1.82) is 0 Å². The molecule has 0 aliphatic rings. The molecule has 0 spiro atoms. The zero-order valence-electron chi connectivity index (χ0n) is 10.6. The van der Waals surface area contributed by atoms with E-state index in [9.17, 15) is 4.39 Å². The van der Waals surface area contributed by atoms with Gasteiger partial charge < -0.3 is 5.32 Å². The summed E-state index contributed by atoms with van der Waals surface area (Å²) in [7, 11) is 0. The van der Waals surface area contributed by atoms with Crippen LogP contribution < -0.4 is 5.32 Å². The summed E-state index contributed by atoms with van der Waals surface area (Å²) < 4.78 is 14.9. The lowest BCUT2D eigenvalue weighted by Crippen LogP contribution is -2.18. The molecule has 1 heterocycles. The molecule has 0 aliphatic carbocycles. The predicted molar refractivity (Wildman–Crippen MR) is 67.4 cm³/mol. The Labute approximate surface area is 106 Å². The van der Waals surface area contributed by atoms with Gasteiger partial charge in [0.1, 0.15) is 18.0 Å². The Morgan fingerprint density at radius 1 is 1.33 bits per heavy atom. The van der Waals surface area contributed by atoms with E-state index in [1.54, 1.807) is 12.4 Å². The van der Waals surface area contributed by atoms with Gasteiger partial charge in [0.25, 0.3) is 0 Å². The predicted octanol–water partition coefficient (Wildman–Crippen LogP) is 2.29. The summed E-state index contributed by atoms with van der Waals surface area (Å²) >= 11 is 0. The van der Waals surface area contributed by atoms with Crippen LogP contribution in [-0.4, -0.2) is 14.8 Å². The van der Waals surface area contributed by atoms with Crippen LogP contribution in [0.2, 0.25) is 0 Å². The maximum atomic E-state index is 13.0. The smallest absolute Gasteiger partial charge is 0.141 e. The third kappa shape index (κ3) is 3.13. The van der Waals surface area contributed by atoms with Crippen molar-refractivity contribution < 1.29 is 4.39 Å². The first kappa shape index (κ1) is 12.7. The second kappa shape index (κ2) is 5.73.